The Hall–Kier alpha value is -1.88. The molecule has 5 heteroatoms. The normalized spacial score (nSPS) is 22.9. The molecule has 2 aliphatic heterocycles. The number of nitrogens with one attached hydrogen (secondary N) is 1. The average molecular weight is 301 g/mol. The number of piperidine rings is 1. The van der Waals surface area contributed by atoms with Gasteiger partial charge in [-0.15, -0.1) is 0 Å². The van der Waals surface area contributed by atoms with Crippen molar-refractivity contribution in [1.82, 2.24) is 4.90 Å². The summed E-state index contributed by atoms with van der Waals surface area (Å²) in [5, 5.41) is 2.99. The Morgan fingerprint density at radius 3 is 2.59 bits per heavy atom. The van der Waals surface area contributed by atoms with Gasteiger partial charge in [0.2, 0.25) is 11.8 Å². The van der Waals surface area contributed by atoms with Crippen LogP contribution >= 0.6 is 0 Å². The fourth-order valence-corrected chi connectivity index (χ4v) is 3.27. The summed E-state index contributed by atoms with van der Waals surface area (Å²) in [6, 6.07) is 7.58. The molecule has 1 N–H and O–H groups in total. The maximum atomic E-state index is 12.3. The molecule has 0 bridgehead atoms. The van der Waals surface area contributed by atoms with E-state index in [-0.39, 0.29) is 17.7 Å². The maximum Gasteiger partial charge on any atom is 0.228 e. The van der Waals surface area contributed by atoms with Crippen molar-refractivity contribution in [3.05, 3.63) is 24.3 Å². The van der Waals surface area contributed by atoms with Crippen molar-refractivity contribution in [2.75, 3.05) is 36.9 Å². The molecule has 0 aliphatic carbocycles. The molecule has 22 heavy (non-hydrogen) atoms. The Morgan fingerprint density at radius 2 is 1.95 bits per heavy atom. The van der Waals surface area contributed by atoms with Crippen molar-refractivity contribution in [2.45, 2.75) is 25.7 Å². The van der Waals surface area contributed by atoms with E-state index in [1.54, 1.807) is 0 Å². The molecular weight excluding hydrogens is 278 g/mol. The highest BCUT2D eigenvalue weighted by molar-refractivity contribution is 5.96. The molecule has 2 heterocycles. The van der Waals surface area contributed by atoms with Gasteiger partial charge >= 0.3 is 0 Å². The van der Waals surface area contributed by atoms with Gasteiger partial charge in [-0.25, -0.2) is 0 Å². The molecule has 2 saturated heterocycles. The van der Waals surface area contributed by atoms with Crippen molar-refractivity contribution < 1.29 is 9.59 Å². The van der Waals surface area contributed by atoms with Crippen LogP contribution in [-0.4, -0.2) is 43.4 Å². The first-order valence-corrected chi connectivity index (χ1v) is 8.03. The average Bonchev–Trinajstić information content (AvgIpc) is 2.94. The summed E-state index contributed by atoms with van der Waals surface area (Å²) in [6.07, 6.45) is 3.58. The topological polar surface area (TPSA) is 52.7 Å². The summed E-state index contributed by atoms with van der Waals surface area (Å²) in [5.41, 5.74) is 1.71. The van der Waals surface area contributed by atoms with Gasteiger partial charge in [0.25, 0.3) is 0 Å². The number of benzene rings is 1. The van der Waals surface area contributed by atoms with Crippen LogP contribution in [0.3, 0.4) is 0 Å². The van der Waals surface area contributed by atoms with Crippen molar-refractivity contribution in [3.63, 3.8) is 0 Å². The molecule has 3 rings (SSSR count). The lowest BCUT2D eigenvalue weighted by Gasteiger charge is -2.28. The quantitative estimate of drug-likeness (QED) is 0.930. The second-order valence-corrected chi connectivity index (χ2v) is 6.29. The van der Waals surface area contributed by atoms with E-state index in [0.29, 0.717) is 6.42 Å². The highest BCUT2D eigenvalue weighted by Crippen LogP contribution is 2.24. The van der Waals surface area contributed by atoms with Crippen LogP contribution in [-0.2, 0) is 9.59 Å². The van der Waals surface area contributed by atoms with E-state index in [9.17, 15) is 9.59 Å². The summed E-state index contributed by atoms with van der Waals surface area (Å²) in [5.74, 6) is 0.345. The number of amides is 2. The molecule has 2 fully saturated rings. The highest BCUT2D eigenvalue weighted by Gasteiger charge is 2.24. The monoisotopic (exact) mass is 301 g/mol. The first-order valence-electron chi connectivity index (χ1n) is 8.03. The van der Waals surface area contributed by atoms with Crippen LogP contribution in [0.15, 0.2) is 24.3 Å². The van der Waals surface area contributed by atoms with Crippen molar-refractivity contribution >= 4 is 23.2 Å². The van der Waals surface area contributed by atoms with Crippen LogP contribution in [0, 0.1) is 5.92 Å². The number of likely N-dealkylation sites (tertiary alicyclic amines) is 1. The van der Waals surface area contributed by atoms with E-state index in [1.807, 2.05) is 29.2 Å². The summed E-state index contributed by atoms with van der Waals surface area (Å²) in [6.45, 7) is 2.69. The Bertz CT molecular complexity index is 556. The van der Waals surface area contributed by atoms with Crippen LogP contribution in [0.5, 0.6) is 0 Å². The second-order valence-electron chi connectivity index (χ2n) is 6.29. The largest absolute Gasteiger partial charge is 0.326 e. The Kier molecular flexibility index (Phi) is 4.43. The molecule has 2 aliphatic rings. The number of hydrogen-bond donors (Lipinski definition) is 1. The van der Waals surface area contributed by atoms with Gasteiger partial charge in [-0.3, -0.25) is 9.59 Å². The van der Waals surface area contributed by atoms with Crippen LogP contribution in [0.4, 0.5) is 11.4 Å². The third-order valence-electron chi connectivity index (χ3n) is 4.52. The molecule has 2 amide bonds. The molecule has 0 saturated carbocycles. The fraction of sp³-hybridized carbons (Fsp3) is 0.529. The van der Waals surface area contributed by atoms with Crippen molar-refractivity contribution in [2.24, 2.45) is 5.92 Å². The molecule has 118 valence electrons. The molecule has 0 spiro atoms. The standard InChI is InChI=1S/C17H23N3O2/c1-19-10-2-4-13(12-19)17(22)18-14-6-8-15(9-7-14)20-11-3-5-16(20)21/h6-9,13H,2-5,10-12H2,1H3,(H,18,22)/t13-/m0/s1. The van der Waals surface area contributed by atoms with Gasteiger partial charge in [-0.1, -0.05) is 0 Å². The molecule has 1 aromatic rings. The van der Waals surface area contributed by atoms with E-state index in [1.165, 1.54) is 0 Å². The smallest absolute Gasteiger partial charge is 0.228 e. The van der Waals surface area contributed by atoms with Gasteiger partial charge in [-0.05, 0) is 57.1 Å². The molecule has 1 aromatic carbocycles. The van der Waals surface area contributed by atoms with Gasteiger partial charge in [0.05, 0.1) is 5.92 Å². The highest BCUT2D eigenvalue weighted by atomic mass is 16.2. The van der Waals surface area contributed by atoms with E-state index < -0.39 is 0 Å². The first-order chi connectivity index (χ1) is 10.6. The molecule has 1 atom stereocenters. The number of rotatable bonds is 3. The van der Waals surface area contributed by atoms with Gasteiger partial charge in [0.15, 0.2) is 0 Å². The van der Waals surface area contributed by atoms with Crippen LogP contribution in [0.2, 0.25) is 0 Å². The predicted octanol–water partition coefficient (Wildman–Crippen LogP) is 2.09. The summed E-state index contributed by atoms with van der Waals surface area (Å²) in [7, 11) is 2.06. The van der Waals surface area contributed by atoms with Gasteiger partial charge in [0.1, 0.15) is 0 Å². The minimum atomic E-state index is 0.0681. The third-order valence-corrected chi connectivity index (χ3v) is 4.52. The van der Waals surface area contributed by atoms with Crippen molar-refractivity contribution in [1.29, 1.82) is 0 Å². The van der Waals surface area contributed by atoms with Gasteiger partial charge in [0, 0.05) is 30.9 Å². The number of carbonyl (C=O) groups is 2. The summed E-state index contributed by atoms with van der Waals surface area (Å²) >= 11 is 0. The minimum Gasteiger partial charge on any atom is -0.326 e. The first kappa shape index (κ1) is 15.0. The lowest BCUT2D eigenvalue weighted by Crippen LogP contribution is -2.38. The van der Waals surface area contributed by atoms with E-state index in [4.69, 9.17) is 0 Å². The third kappa shape index (κ3) is 3.30. The van der Waals surface area contributed by atoms with Crippen LogP contribution < -0.4 is 10.2 Å². The maximum absolute atomic E-state index is 12.3. The fourth-order valence-electron chi connectivity index (χ4n) is 3.27. The zero-order valence-corrected chi connectivity index (χ0v) is 13.0. The molecular formula is C17H23N3O2. The second kappa shape index (κ2) is 6.48. The lowest BCUT2D eigenvalue weighted by molar-refractivity contribution is -0.121. The predicted molar refractivity (Wildman–Crippen MR) is 86.9 cm³/mol. The van der Waals surface area contributed by atoms with E-state index >= 15 is 0 Å². The molecule has 0 unspecified atom stereocenters. The number of nitrogens with zero attached hydrogens (tertiary/aromatic N) is 2. The number of anilines is 2. The Morgan fingerprint density at radius 1 is 1.18 bits per heavy atom. The van der Waals surface area contributed by atoms with Gasteiger partial charge in [-0.2, -0.15) is 0 Å². The Labute approximate surface area is 131 Å². The van der Waals surface area contributed by atoms with Gasteiger partial charge < -0.3 is 15.1 Å². The Balaban J connectivity index is 1.61. The zero-order chi connectivity index (χ0) is 15.5. The van der Waals surface area contributed by atoms with Crippen LogP contribution in [0.1, 0.15) is 25.7 Å². The molecule has 0 aromatic heterocycles. The minimum absolute atomic E-state index is 0.0681. The molecule has 5 nitrogen and oxygen atoms in total. The van der Waals surface area contributed by atoms with Crippen LogP contribution in [0.25, 0.3) is 0 Å². The summed E-state index contributed by atoms with van der Waals surface area (Å²) < 4.78 is 0. The number of carbonyl (C=O) groups excluding carboxylic acids is 2. The summed E-state index contributed by atoms with van der Waals surface area (Å²) in [4.78, 5) is 28.0. The van der Waals surface area contributed by atoms with Crippen molar-refractivity contribution in [3.8, 4) is 0 Å². The number of hydrogen-bond acceptors (Lipinski definition) is 3. The van der Waals surface area contributed by atoms with E-state index in [2.05, 4.69) is 17.3 Å². The SMILES string of the molecule is CN1CCC[C@H](C(=O)Nc2ccc(N3CCCC3=O)cc2)C1. The lowest BCUT2D eigenvalue weighted by atomic mass is 9.97. The molecule has 0 radical (unpaired) electrons. The zero-order valence-electron chi connectivity index (χ0n) is 13.0. The van der Waals surface area contributed by atoms with E-state index in [0.717, 1.165) is 50.3 Å².